The van der Waals surface area contributed by atoms with Gasteiger partial charge in [-0.2, -0.15) is 0 Å². The van der Waals surface area contributed by atoms with Crippen LogP contribution in [0.3, 0.4) is 0 Å². The Bertz CT molecular complexity index is 681. The molecule has 0 spiro atoms. The molecule has 2 heterocycles. The topological polar surface area (TPSA) is 83.7 Å². The standard InChI is InChI=1S/C14H17N3O3/c1-3-9(2)13(14(19)20)16-10-8-12(18)17-7-5-4-6-11(17)15-10/h4-9,13,16H,3H2,1-2H3,(H,19,20)/t9-,13-/m0/s1. The zero-order chi connectivity index (χ0) is 14.7. The van der Waals surface area contributed by atoms with Gasteiger partial charge in [-0.05, 0) is 18.1 Å². The Kier molecular flexibility index (Phi) is 4.02. The summed E-state index contributed by atoms with van der Waals surface area (Å²) in [7, 11) is 0. The summed E-state index contributed by atoms with van der Waals surface area (Å²) in [5.74, 6) is -0.730. The number of aliphatic carboxylic acids is 1. The number of carbonyl (C=O) groups is 1. The van der Waals surface area contributed by atoms with Crippen LogP contribution in [0.4, 0.5) is 5.82 Å². The number of hydrogen-bond acceptors (Lipinski definition) is 4. The first-order valence-electron chi connectivity index (χ1n) is 6.50. The molecular weight excluding hydrogens is 258 g/mol. The average Bonchev–Trinajstić information content (AvgIpc) is 2.43. The Morgan fingerprint density at radius 3 is 2.90 bits per heavy atom. The number of fused-ring (bicyclic) bond motifs is 1. The van der Waals surface area contributed by atoms with E-state index in [1.165, 1.54) is 10.5 Å². The largest absolute Gasteiger partial charge is 0.480 e. The quantitative estimate of drug-likeness (QED) is 0.866. The van der Waals surface area contributed by atoms with E-state index in [0.29, 0.717) is 5.65 Å². The molecule has 0 saturated carbocycles. The zero-order valence-corrected chi connectivity index (χ0v) is 11.4. The second-order valence-electron chi connectivity index (χ2n) is 4.75. The van der Waals surface area contributed by atoms with Crippen molar-refractivity contribution >= 4 is 17.4 Å². The molecule has 2 rings (SSSR count). The third-order valence-electron chi connectivity index (χ3n) is 3.35. The molecule has 0 aromatic carbocycles. The summed E-state index contributed by atoms with van der Waals surface area (Å²) in [6.07, 6.45) is 2.34. The van der Waals surface area contributed by atoms with Crippen LogP contribution in [0, 0.1) is 5.92 Å². The lowest BCUT2D eigenvalue weighted by Gasteiger charge is -2.20. The Labute approximate surface area is 116 Å². The number of carboxylic acid groups (broad SMARTS) is 1. The molecular formula is C14H17N3O3. The number of pyridine rings is 1. The molecule has 0 amide bonds. The van der Waals surface area contributed by atoms with Crippen LogP contribution in [0.2, 0.25) is 0 Å². The van der Waals surface area contributed by atoms with Gasteiger partial charge in [0.25, 0.3) is 5.56 Å². The minimum absolute atomic E-state index is 0.0662. The smallest absolute Gasteiger partial charge is 0.326 e. The fourth-order valence-electron chi connectivity index (χ4n) is 1.97. The number of hydrogen-bond donors (Lipinski definition) is 2. The van der Waals surface area contributed by atoms with E-state index in [-0.39, 0.29) is 17.3 Å². The molecule has 2 aromatic rings. The molecule has 2 N–H and O–H groups in total. The summed E-state index contributed by atoms with van der Waals surface area (Å²) < 4.78 is 1.41. The molecule has 0 saturated heterocycles. The van der Waals surface area contributed by atoms with E-state index >= 15 is 0 Å². The molecule has 0 radical (unpaired) electrons. The highest BCUT2D eigenvalue weighted by molar-refractivity contribution is 5.77. The first-order valence-corrected chi connectivity index (χ1v) is 6.50. The molecule has 106 valence electrons. The van der Waals surface area contributed by atoms with Crippen molar-refractivity contribution in [1.82, 2.24) is 9.38 Å². The minimum Gasteiger partial charge on any atom is -0.480 e. The normalized spacial score (nSPS) is 13.9. The van der Waals surface area contributed by atoms with Gasteiger partial charge in [0.2, 0.25) is 0 Å². The van der Waals surface area contributed by atoms with E-state index in [0.717, 1.165) is 6.42 Å². The molecule has 0 fully saturated rings. The highest BCUT2D eigenvalue weighted by Crippen LogP contribution is 2.13. The molecule has 2 atom stereocenters. The van der Waals surface area contributed by atoms with Gasteiger partial charge >= 0.3 is 5.97 Å². The van der Waals surface area contributed by atoms with Crippen LogP contribution in [-0.4, -0.2) is 26.5 Å². The molecule has 6 heteroatoms. The Morgan fingerprint density at radius 1 is 1.50 bits per heavy atom. The van der Waals surface area contributed by atoms with Crippen LogP contribution in [0.15, 0.2) is 35.3 Å². The van der Waals surface area contributed by atoms with Gasteiger partial charge in [0, 0.05) is 12.3 Å². The second kappa shape index (κ2) is 5.73. The highest BCUT2D eigenvalue weighted by atomic mass is 16.4. The van der Waals surface area contributed by atoms with E-state index in [9.17, 15) is 14.7 Å². The van der Waals surface area contributed by atoms with Gasteiger partial charge in [0.15, 0.2) is 0 Å². The van der Waals surface area contributed by atoms with E-state index in [1.54, 1.807) is 24.4 Å². The van der Waals surface area contributed by atoms with Crippen LogP contribution in [-0.2, 0) is 4.79 Å². The van der Waals surface area contributed by atoms with E-state index in [1.807, 2.05) is 13.8 Å². The van der Waals surface area contributed by atoms with E-state index < -0.39 is 12.0 Å². The highest BCUT2D eigenvalue weighted by Gasteiger charge is 2.23. The second-order valence-corrected chi connectivity index (χ2v) is 4.75. The summed E-state index contributed by atoms with van der Waals surface area (Å²) in [5.41, 5.74) is 0.238. The fourth-order valence-corrected chi connectivity index (χ4v) is 1.97. The van der Waals surface area contributed by atoms with Crippen LogP contribution in [0.25, 0.3) is 5.65 Å². The Hall–Kier alpha value is -2.37. The zero-order valence-electron chi connectivity index (χ0n) is 11.4. The number of aromatic nitrogens is 2. The number of nitrogens with one attached hydrogen (secondary N) is 1. The summed E-state index contributed by atoms with van der Waals surface area (Å²) in [5, 5.41) is 12.1. The van der Waals surface area contributed by atoms with Gasteiger partial charge in [0.05, 0.1) is 0 Å². The number of rotatable bonds is 5. The molecule has 0 aliphatic carbocycles. The third-order valence-corrected chi connectivity index (χ3v) is 3.35. The maximum Gasteiger partial charge on any atom is 0.326 e. The third kappa shape index (κ3) is 2.79. The summed E-state index contributed by atoms with van der Waals surface area (Å²) in [6, 6.07) is 5.76. The summed E-state index contributed by atoms with van der Waals surface area (Å²) in [6.45, 7) is 3.77. The van der Waals surface area contributed by atoms with Crippen molar-refractivity contribution in [3.05, 3.63) is 40.8 Å². The van der Waals surface area contributed by atoms with Gasteiger partial charge in [-0.1, -0.05) is 26.3 Å². The maximum absolute atomic E-state index is 11.9. The number of carboxylic acids is 1. The van der Waals surface area contributed by atoms with Crippen LogP contribution < -0.4 is 10.9 Å². The van der Waals surface area contributed by atoms with Crippen LogP contribution in [0.5, 0.6) is 0 Å². The number of nitrogens with zero attached hydrogens (tertiary/aromatic N) is 2. The molecule has 0 bridgehead atoms. The minimum atomic E-state index is -0.950. The average molecular weight is 275 g/mol. The van der Waals surface area contributed by atoms with Crippen LogP contribution >= 0.6 is 0 Å². The van der Waals surface area contributed by atoms with E-state index in [2.05, 4.69) is 10.3 Å². The van der Waals surface area contributed by atoms with Crippen LogP contribution in [0.1, 0.15) is 20.3 Å². The molecule has 20 heavy (non-hydrogen) atoms. The lowest BCUT2D eigenvalue weighted by molar-refractivity contribution is -0.139. The van der Waals surface area contributed by atoms with Crippen molar-refractivity contribution < 1.29 is 9.90 Å². The van der Waals surface area contributed by atoms with Gasteiger partial charge in [-0.3, -0.25) is 9.20 Å². The van der Waals surface area contributed by atoms with Crippen molar-refractivity contribution in [1.29, 1.82) is 0 Å². The summed E-state index contributed by atoms with van der Waals surface area (Å²) >= 11 is 0. The predicted molar refractivity (Wildman–Crippen MR) is 76.0 cm³/mol. The van der Waals surface area contributed by atoms with E-state index in [4.69, 9.17) is 0 Å². The van der Waals surface area contributed by atoms with Crippen molar-refractivity contribution in [2.75, 3.05) is 5.32 Å². The van der Waals surface area contributed by atoms with Gasteiger partial charge in [0.1, 0.15) is 17.5 Å². The fraction of sp³-hybridized carbons (Fsp3) is 0.357. The predicted octanol–water partition coefficient (Wildman–Crippen LogP) is 1.61. The Balaban J connectivity index is 2.38. The molecule has 0 aliphatic heterocycles. The van der Waals surface area contributed by atoms with Crippen molar-refractivity contribution in [2.24, 2.45) is 5.92 Å². The lowest BCUT2D eigenvalue weighted by atomic mass is 9.99. The molecule has 0 unspecified atom stereocenters. The first-order chi connectivity index (χ1) is 9.52. The van der Waals surface area contributed by atoms with Gasteiger partial charge in [-0.25, -0.2) is 9.78 Å². The maximum atomic E-state index is 11.9. The van der Waals surface area contributed by atoms with Crippen molar-refractivity contribution in [3.8, 4) is 0 Å². The van der Waals surface area contributed by atoms with Gasteiger partial charge in [-0.15, -0.1) is 0 Å². The molecule has 0 aliphatic rings. The van der Waals surface area contributed by atoms with Gasteiger partial charge < -0.3 is 10.4 Å². The number of anilines is 1. The van der Waals surface area contributed by atoms with Crippen molar-refractivity contribution in [2.45, 2.75) is 26.3 Å². The molecule has 2 aromatic heterocycles. The molecule has 6 nitrogen and oxygen atoms in total. The summed E-state index contributed by atoms with van der Waals surface area (Å²) in [4.78, 5) is 27.5. The SMILES string of the molecule is CC[C@H](C)[C@H](Nc1cc(=O)n2ccccc2n1)C(=O)O. The van der Waals surface area contributed by atoms with Crippen molar-refractivity contribution in [3.63, 3.8) is 0 Å². The lowest BCUT2D eigenvalue weighted by Crippen LogP contribution is -2.36. The first kappa shape index (κ1) is 14.0. The Morgan fingerprint density at radius 2 is 2.25 bits per heavy atom. The monoisotopic (exact) mass is 275 g/mol.